The Bertz CT molecular complexity index is 638. The summed E-state index contributed by atoms with van der Waals surface area (Å²) >= 11 is 6.07. The Morgan fingerprint density at radius 2 is 2.17 bits per heavy atom. The van der Waals surface area contributed by atoms with E-state index in [1.165, 1.54) is 0 Å². The summed E-state index contributed by atoms with van der Waals surface area (Å²) in [5.41, 5.74) is 3.02. The molecule has 0 unspecified atom stereocenters. The largest absolute Gasteiger partial charge is 0.396 e. The third-order valence-corrected chi connectivity index (χ3v) is 4.77. The van der Waals surface area contributed by atoms with Gasteiger partial charge in [-0.3, -0.25) is 5.10 Å². The molecule has 0 radical (unpaired) electrons. The molecule has 3 N–H and O–H groups in total. The molecule has 1 fully saturated rings. The number of aromatic nitrogens is 2. The van der Waals surface area contributed by atoms with Crippen LogP contribution < -0.4 is 5.32 Å². The predicted octanol–water partition coefficient (Wildman–Crippen LogP) is 2.61. The van der Waals surface area contributed by atoms with Crippen LogP contribution in [0.3, 0.4) is 0 Å². The summed E-state index contributed by atoms with van der Waals surface area (Å²) in [5.74, 6) is 0. The molecule has 0 atom stereocenters. The van der Waals surface area contributed by atoms with Gasteiger partial charge in [0.15, 0.2) is 0 Å². The monoisotopic (exact) mass is 335 g/mol. The van der Waals surface area contributed by atoms with Crippen LogP contribution in [0.15, 0.2) is 30.5 Å². The summed E-state index contributed by atoms with van der Waals surface area (Å²) in [6.45, 7) is 3.10. The van der Waals surface area contributed by atoms with Crippen molar-refractivity contribution in [3.63, 3.8) is 0 Å². The Hall–Kier alpha value is -1.40. The molecule has 1 aliphatic rings. The second kappa shape index (κ2) is 7.45. The van der Waals surface area contributed by atoms with Crippen molar-refractivity contribution in [2.75, 3.05) is 26.4 Å². The maximum Gasteiger partial charge on any atom is 0.0695 e. The minimum absolute atomic E-state index is 0.0712. The van der Waals surface area contributed by atoms with E-state index in [2.05, 4.69) is 15.5 Å². The van der Waals surface area contributed by atoms with Gasteiger partial charge in [0.2, 0.25) is 0 Å². The van der Waals surface area contributed by atoms with Gasteiger partial charge in [-0.05, 0) is 25.0 Å². The minimum atomic E-state index is -0.0712. The van der Waals surface area contributed by atoms with Crippen LogP contribution in [-0.4, -0.2) is 41.7 Å². The third kappa shape index (κ3) is 3.93. The van der Waals surface area contributed by atoms with Crippen molar-refractivity contribution in [1.82, 2.24) is 15.5 Å². The van der Waals surface area contributed by atoms with Crippen LogP contribution in [0.2, 0.25) is 5.02 Å². The SMILES string of the molecule is OCC1(CNCc2cn[nH]c2-c2cccc(Cl)c2)CCOCC1. The maximum absolute atomic E-state index is 9.73. The van der Waals surface area contributed by atoms with Crippen molar-refractivity contribution in [2.45, 2.75) is 19.4 Å². The first-order valence-corrected chi connectivity index (χ1v) is 8.28. The lowest BCUT2D eigenvalue weighted by Crippen LogP contribution is -2.41. The summed E-state index contributed by atoms with van der Waals surface area (Å²) in [6, 6.07) is 7.72. The molecule has 3 rings (SSSR count). The molecule has 1 saturated heterocycles. The Morgan fingerprint density at radius 1 is 1.35 bits per heavy atom. The van der Waals surface area contributed by atoms with E-state index < -0.39 is 0 Å². The van der Waals surface area contributed by atoms with Crippen LogP contribution in [0.25, 0.3) is 11.3 Å². The fourth-order valence-corrected chi connectivity index (χ4v) is 3.19. The molecule has 23 heavy (non-hydrogen) atoms. The van der Waals surface area contributed by atoms with Crippen LogP contribution >= 0.6 is 11.6 Å². The lowest BCUT2D eigenvalue weighted by atomic mass is 9.81. The lowest BCUT2D eigenvalue weighted by molar-refractivity contribution is -0.0154. The highest BCUT2D eigenvalue weighted by Crippen LogP contribution is 2.29. The number of aromatic amines is 1. The van der Waals surface area contributed by atoms with Gasteiger partial charge in [-0.25, -0.2) is 0 Å². The Morgan fingerprint density at radius 3 is 2.91 bits per heavy atom. The molecule has 124 valence electrons. The van der Waals surface area contributed by atoms with Gasteiger partial charge in [-0.1, -0.05) is 23.7 Å². The van der Waals surface area contributed by atoms with Gasteiger partial charge < -0.3 is 15.2 Å². The number of aliphatic hydroxyl groups is 1. The number of aliphatic hydroxyl groups excluding tert-OH is 1. The van der Waals surface area contributed by atoms with Crippen molar-refractivity contribution >= 4 is 11.6 Å². The van der Waals surface area contributed by atoms with Crippen LogP contribution in [0, 0.1) is 5.41 Å². The molecular formula is C17H22ClN3O2. The van der Waals surface area contributed by atoms with Gasteiger partial charge in [-0.2, -0.15) is 5.10 Å². The topological polar surface area (TPSA) is 70.2 Å². The summed E-state index contributed by atoms with van der Waals surface area (Å²) < 4.78 is 5.40. The molecule has 0 aliphatic carbocycles. The van der Waals surface area contributed by atoms with Crippen molar-refractivity contribution in [3.05, 3.63) is 41.0 Å². The molecule has 1 aromatic carbocycles. The zero-order valence-corrected chi connectivity index (χ0v) is 13.8. The van der Waals surface area contributed by atoms with Crippen molar-refractivity contribution < 1.29 is 9.84 Å². The smallest absolute Gasteiger partial charge is 0.0695 e. The van der Waals surface area contributed by atoms with Crippen molar-refractivity contribution in [3.8, 4) is 11.3 Å². The molecule has 6 heteroatoms. The average Bonchev–Trinajstić information content (AvgIpc) is 3.04. The van der Waals surface area contributed by atoms with Gasteiger partial charge in [-0.15, -0.1) is 0 Å². The highest BCUT2D eigenvalue weighted by atomic mass is 35.5. The predicted molar refractivity (Wildman–Crippen MR) is 90.3 cm³/mol. The fraction of sp³-hybridized carbons (Fsp3) is 0.471. The van der Waals surface area contributed by atoms with E-state index in [1.807, 2.05) is 30.5 Å². The number of nitrogens with zero attached hydrogens (tertiary/aromatic N) is 1. The number of ether oxygens (including phenoxy) is 1. The summed E-state index contributed by atoms with van der Waals surface area (Å²) in [6.07, 6.45) is 3.62. The molecule has 1 aromatic heterocycles. The van der Waals surface area contributed by atoms with E-state index in [9.17, 15) is 5.11 Å². The van der Waals surface area contributed by atoms with Gasteiger partial charge in [0.25, 0.3) is 0 Å². The zero-order valence-electron chi connectivity index (χ0n) is 13.0. The molecular weight excluding hydrogens is 314 g/mol. The van der Waals surface area contributed by atoms with Crippen LogP contribution in [0.1, 0.15) is 18.4 Å². The van der Waals surface area contributed by atoms with E-state index >= 15 is 0 Å². The number of benzene rings is 1. The average molecular weight is 336 g/mol. The van der Waals surface area contributed by atoms with Crippen molar-refractivity contribution in [1.29, 1.82) is 0 Å². The van der Waals surface area contributed by atoms with E-state index in [0.717, 1.165) is 49.4 Å². The standard InChI is InChI=1S/C17H22ClN3O2/c18-15-3-1-2-13(8-15)16-14(10-20-21-16)9-19-11-17(12-22)4-6-23-7-5-17/h1-3,8,10,19,22H,4-7,9,11-12H2,(H,20,21). The third-order valence-electron chi connectivity index (χ3n) is 4.54. The van der Waals surface area contributed by atoms with E-state index in [-0.39, 0.29) is 12.0 Å². The molecule has 2 aromatic rings. The lowest BCUT2D eigenvalue weighted by Gasteiger charge is -2.35. The first-order chi connectivity index (χ1) is 11.2. The van der Waals surface area contributed by atoms with Crippen molar-refractivity contribution in [2.24, 2.45) is 5.41 Å². The van der Waals surface area contributed by atoms with Gasteiger partial charge >= 0.3 is 0 Å². The first-order valence-electron chi connectivity index (χ1n) is 7.90. The van der Waals surface area contributed by atoms with Gasteiger partial charge in [0.05, 0.1) is 18.5 Å². The van der Waals surface area contributed by atoms with E-state index in [4.69, 9.17) is 16.3 Å². The van der Waals surface area contributed by atoms with Crippen LogP contribution in [0.4, 0.5) is 0 Å². The minimum Gasteiger partial charge on any atom is -0.396 e. The van der Waals surface area contributed by atoms with Crippen LogP contribution in [-0.2, 0) is 11.3 Å². The molecule has 5 nitrogen and oxygen atoms in total. The second-order valence-electron chi connectivity index (χ2n) is 6.15. The molecule has 0 spiro atoms. The Labute approximate surface area is 141 Å². The van der Waals surface area contributed by atoms with E-state index in [1.54, 1.807) is 0 Å². The normalized spacial score (nSPS) is 17.3. The molecule has 0 saturated carbocycles. The number of hydrogen-bond acceptors (Lipinski definition) is 4. The fourth-order valence-electron chi connectivity index (χ4n) is 3.00. The Balaban J connectivity index is 1.64. The molecule has 1 aliphatic heterocycles. The highest BCUT2D eigenvalue weighted by Gasteiger charge is 2.31. The number of hydrogen-bond donors (Lipinski definition) is 3. The number of rotatable bonds is 6. The quantitative estimate of drug-likeness (QED) is 0.759. The van der Waals surface area contributed by atoms with Gasteiger partial charge in [0, 0.05) is 47.9 Å². The zero-order chi connectivity index (χ0) is 16.1. The summed E-state index contributed by atoms with van der Waals surface area (Å²) in [5, 5.41) is 21.1. The second-order valence-corrected chi connectivity index (χ2v) is 6.59. The van der Waals surface area contributed by atoms with Gasteiger partial charge in [0.1, 0.15) is 0 Å². The highest BCUT2D eigenvalue weighted by molar-refractivity contribution is 6.30. The van der Waals surface area contributed by atoms with Crippen LogP contribution in [0.5, 0.6) is 0 Å². The number of H-pyrrole nitrogens is 1. The number of nitrogens with one attached hydrogen (secondary N) is 2. The molecule has 2 heterocycles. The summed E-state index contributed by atoms with van der Waals surface area (Å²) in [7, 11) is 0. The number of halogens is 1. The summed E-state index contributed by atoms with van der Waals surface area (Å²) in [4.78, 5) is 0. The Kier molecular flexibility index (Phi) is 5.33. The maximum atomic E-state index is 9.73. The molecule has 0 bridgehead atoms. The molecule has 0 amide bonds. The van der Waals surface area contributed by atoms with E-state index in [0.29, 0.717) is 11.6 Å². The first kappa shape index (κ1) is 16.5.